The highest BCUT2D eigenvalue weighted by molar-refractivity contribution is 7.89. The van der Waals surface area contributed by atoms with E-state index >= 15 is 0 Å². The zero-order valence-electron chi connectivity index (χ0n) is 16.8. The normalized spacial score (nSPS) is 16.2. The highest BCUT2D eigenvalue weighted by Crippen LogP contribution is 2.28. The minimum atomic E-state index is -3.51. The van der Waals surface area contributed by atoms with Crippen LogP contribution in [-0.4, -0.2) is 46.7 Å². The van der Waals surface area contributed by atoms with Crippen molar-refractivity contribution in [2.45, 2.75) is 31.3 Å². The van der Waals surface area contributed by atoms with Crippen molar-refractivity contribution in [1.82, 2.24) is 15.4 Å². The Morgan fingerprint density at radius 2 is 1.86 bits per heavy atom. The van der Waals surface area contributed by atoms with E-state index in [0.29, 0.717) is 25.6 Å². The molecule has 8 heteroatoms. The van der Waals surface area contributed by atoms with Crippen LogP contribution in [0.15, 0.2) is 58.4 Å². The molecule has 1 unspecified atom stereocenters. The highest BCUT2D eigenvalue weighted by Gasteiger charge is 2.22. The first-order valence-corrected chi connectivity index (χ1v) is 11.3. The van der Waals surface area contributed by atoms with Gasteiger partial charge in [0.15, 0.2) is 5.96 Å². The third kappa shape index (κ3) is 5.95. The smallest absolute Gasteiger partial charge is 0.240 e. The summed E-state index contributed by atoms with van der Waals surface area (Å²) in [6.45, 7) is 5.82. The molecule has 0 saturated heterocycles. The highest BCUT2D eigenvalue weighted by atomic mass is 32.2. The number of nitrogens with one attached hydrogen (secondary N) is 3. The van der Waals surface area contributed by atoms with Crippen molar-refractivity contribution in [2.24, 2.45) is 4.99 Å². The maximum Gasteiger partial charge on any atom is 0.240 e. The number of sulfonamides is 1. The molecule has 1 heterocycles. The van der Waals surface area contributed by atoms with Gasteiger partial charge in [-0.25, -0.2) is 18.1 Å². The number of hydrogen-bond donors (Lipinski definition) is 3. The Labute approximate surface area is 172 Å². The molecule has 0 aromatic heterocycles. The summed E-state index contributed by atoms with van der Waals surface area (Å²) in [5.41, 5.74) is 2.22. The van der Waals surface area contributed by atoms with Gasteiger partial charge in [0.05, 0.1) is 11.4 Å². The number of nitrogens with zero attached hydrogens (tertiary/aromatic N) is 1. The molecule has 1 aliphatic heterocycles. The number of para-hydroxylation sites is 1. The van der Waals surface area contributed by atoms with Crippen molar-refractivity contribution in [3.05, 3.63) is 59.7 Å². The molecule has 0 spiro atoms. The zero-order valence-corrected chi connectivity index (χ0v) is 17.6. The predicted octanol–water partition coefficient (Wildman–Crippen LogP) is 1.83. The number of aryl methyl sites for hydroxylation is 1. The Bertz CT molecular complexity index is 918. The van der Waals surface area contributed by atoms with Gasteiger partial charge in [0.25, 0.3) is 0 Å². The van der Waals surface area contributed by atoms with Crippen LogP contribution in [0.25, 0.3) is 0 Å². The number of aliphatic imine (C=N–C) groups is 1. The Kier molecular flexibility index (Phi) is 7.11. The average Bonchev–Trinajstić information content (AvgIpc) is 3.12. The van der Waals surface area contributed by atoms with E-state index in [1.54, 1.807) is 24.3 Å². The molecule has 7 nitrogen and oxygen atoms in total. The first-order valence-electron chi connectivity index (χ1n) is 9.81. The maximum absolute atomic E-state index is 12.3. The topological polar surface area (TPSA) is 91.8 Å². The maximum atomic E-state index is 12.3. The number of benzene rings is 2. The SMILES string of the molecule is CCNC(=NCC1Cc2ccccc2O1)NCCNS(=O)(=O)c1ccc(C)cc1. The van der Waals surface area contributed by atoms with E-state index in [0.717, 1.165) is 17.7 Å². The number of ether oxygens (including phenoxy) is 1. The lowest BCUT2D eigenvalue weighted by Gasteiger charge is -2.14. The van der Waals surface area contributed by atoms with Crippen molar-refractivity contribution in [1.29, 1.82) is 0 Å². The van der Waals surface area contributed by atoms with Gasteiger partial charge in [-0.1, -0.05) is 35.9 Å². The molecule has 0 saturated carbocycles. The molecule has 156 valence electrons. The molecule has 0 amide bonds. The fourth-order valence-corrected chi connectivity index (χ4v) is 4.09. The van der Waals surface area contributed by atoms with Crippen molar-refractivity contribution in [3.63, 3.8) is 0 Å². The lowest BCUT2D eigenvalue weighted by Crippen LogP contribution is -2.42. The molecule has 2 aromatic carbocycles. The molecule has 0 bridgehead atoms. The molecule has 0 radical (unpaired) electrons. The number of fused-ring (bicyclic) bond motifs is 1. The summed E-state index contributed by atoms with van der Waals surface area (Å²) in [5, 5.41) is 6.32. The standard InChI is InChI=1S/C21H28N4O3S/c1-3-22-21(24-15-18-14-17-6-4-5-7-20(17)28-18)23-12-13-25-29(26,27)19-10-8-16(2)9-11-19/h4-11,18,25H,3,12-15H2,1-2H3,(H2,22,23,24). The largest absolute Gasteiger partial charge is 0.488 e. The molecule has 1 atom stereocenters. The van der Waals surface area contributed by atoms with Gasteiger partial charge in [-0.05, 0) is 37.6 Å². The van der Waals surface area contributed by atoms with Crippen LogP contribution in [0, 0.1) is 6.92 Å². The lowest BCUT2D eigenvalue weighted by atomic mass is 10.1. The quantitative estimate of drug-likeness (QED) is 0.347. The van der Waals surface area contributed by atoms with Gasteiger partial charge < -0.3 is 15.4 Å². The summed E-state index contributed by atoms with van der Waals surface area (Å²) in [7, 11) is -3.51. The van der Waals surface area contributed by atoms with Crippen molar-refractivity contribution < 1.29 is 13.2 Å². The van der Waals surface area contributed by atoms with Gasteiger partial charge in [-0.15, -0.1) is 0 Å². The monoisotopic (exact) mass is 416 g/mol. The number of hydrogen-bond acceptors (Lipinski definition) is 4. The van der Waals surface area contributed by atoms with Gasteiger partial charge in [0.2, 0.25) is 10.0 Å². The third-order valence-corrected chi connectivity index (χ3v) is 6.03. The summed E-state index contributed by atoms with van der Waals surface area (Å²) >= 11 is 0. The van der Waals surface area contributed by atoms with Gasteiger partial charge in [0.1, 0.15) is 11.9 Å². The third-order valence-electron chi connectivity index (χ3n) is 4.55. The van der Waals surface area contributed by atoms with Crippen LogP contribution in [0.1, 0.15) is 18.1 Å². The lowest BCUT2D eigenvalue weighted by molar-refractivity contribution is 0.241. The summed E-state index contributed by atoms with van der Waals surface area (Å²) in [6, 6.07) is 14.8. The van der Waals surface area contributed by atoms with E-state index in [1.807, 2.05) is 32.0 Å². The second-order valence-electron chi connectivity index (χ2n) is 6.91. The number of rotatable bonds is 8. The van der Waals surface area contributed by atoms with E-state index in [2.05, 4.69) is 26.4 Å². The van der Waals surface area contributed by atoms with Crippen LogP contribution in [0.4, 0.5) is 0 Å². The Morgan fingerprint density at radius 3 is 2.59 bits per heavy atom. The summed E-state index contributed by atoms with van der Waals surface area (Å²) in [6.07, 6.45) is 0.859. The molecule has 0 fully saturated rings. The fourth-order valence-electron chi connectivity index (χ4n) is 3.06. The van der Waals surface area contributed by atoms with Crippen LogP contribution in [0.5, 0.6) is 5.75 Å². The van der Waals surface area contributed by atoms with Gasteiger partial charge in [-0.3, -0.25) is 0 Å². The van der Waals surface area contributed by atoms with E-state index in [4.69, 9.17) is 4.74 Å². The summed E-state index contributed by atoms with van der Waals surface area (Å²) in [4.78, 5) is 4.84. The van der Waals surface area contributed by atoms with Crippen molar-refractivity contribution in [2.75, 3.05) is 26.2 Å². The van der Waals surface area contributed by atoms with Crippen LogP contribution in [-0.2, 0) is 16.4 Å². The van der Waals surface area contributed by atoms with E-state index in [9.17, 15) is 8.42 Å². The van der Waals surface area contributed by atoms with Crippen LogP contribution >= 0.6 is 0 Å². The molecular weight excluding hydrogens is 388 g/mol. The molecule has 0 aliphatic carbocycles. The van der Waals surface area contributed by atoms with Crippen LogP contribution < -0.4 is 20.1 Å². The minimum Gasteiger partial charge on any atom is -0.488 e. The zero-order chi connectivity index (χ0) is 20.7. The first kappa shape index (κ1) is 21.1. The summed E-state index contributed by atoms with van der Waals surface area (Å²) < 4.78 is 33.2. The Morgan fingerprint density at radius 1 is 1.10 bits per heavy atom. The predicted molar refractivity (Wildman–Crippen MR) is 115 cm³/mol. The second kappa shape index (κ2) is 9.76. The van der Waals surface area contributed by atoms with Crippen molar-refractivity contribution in [3.8, 4) is 5.75 Å². The van der Waals surface area contributed by atoms with E-state index in [1.165, 1.54) is 5.56 Å². The van der Waals surface area contributed by atoms with Crippen LogP contribution in [0.2, 0.25) is 0 Å². The molecule has 2 aromatic rings. The first-order chi connectivity index (χ1) is 14.0. The fraction of sp³-hybridized carbons (Fsp3) is 0.381. The van der Waals surface area contributed by atoms with Gasteiger partial charge in [-0.2, -0.15) is 0 Å². The van der Waals surface area contributed by atoms with E-state index in [-0.39, 0.29) is 17.5 Å². The van der Waals surface area contributed by atoms with Crippen LogP contribution in [0.3, 0.4) is 0 Å². The second-order valence-corrected chi connectivity index (χ2v) is 8.68. The van der Waals surface area contributed by atoms with Gasteiger partial charge >= 0.3 is 0 Å². The average molecular weight is 417 g/mol. The van der Waals surface area contributed by atoms with E-state index < -0.39 is 10.0 Å². The molecule has 3 rings (SSSR count). The molecule has 1 aliphatic rings. The summed E-state index contributed by atoms with van der Waals surface area (Å²) in [5.74, 6) is 1.57. The molecule has 3 N–H and O–H groups in total. The minimum absolute atomic E-state index is 0.0166. The number of guanidine groups is 1. The van der Waals surface area contributed by atoms with Gasteiger partial charge in [0, 0.05) is 26.1 Å². The van der Waals surface area contributed by atoms with Crippen molar-refractivity contribution >= 4 is 16.0 Å². The molecular formula is C21H28N4O3S. The Hall–Kier alpha value is -2.58. The Balaban J connectivity index is 1.47. The molecule has 29 heavy (non-hydrogen) atoms.